The number of hydrogen-bond donors (Lipinski definition) is 1. The Hall–Kier alpha value is -3.04. The molecular formula is C17H12F6O4. The summed E-state index contributed by atoms with van der Waals surface area (Å²) >= 11 is 0. The Bertz CT molecular complexity index is 812. The number of hydrogen-bond acceptors (Lipinski definition) is 3. The molecule has 0 aliphatic heterocycles. The molecule has 2 rings (SSSR count). The Morgan fingerprint density at radius 3 is 1.93 bits per heavy atom. The fourth-order valence-corrected chi connectivity index (χ4v) is 1.74. The van der Waals surface area contributed by atoms with Gasteiger partial charge in [0.2, 0.25) is 0 Å². The first-order chi connectivity index (χ1) is 12.3. The summed E-state index contributed by atoms with van der Waals surface area (Å²) < 4.78 is 75.0. The van der Waals surface area contributed by atoms with Crippen molar-refractivity contribution < 1.29 is 45.8 Å². The summed E-state index contributed by atoms with van der Waals surface area (Å²) in [5.74, 6) is -2.22. The lowest BCUT2D eigenvalue weighted by Crippen LogP contribution is -2.17. The van der Waals surface area contributed by atoms with Gasteiger partial charge in [-0.3, -0.25) is 4.79 Å². The van der Waals surface area contributed by atoms with Crippen LogP contribution in [0.5, 0.6) is 5.75 Å². The molecule has 0 saturated carbocycles. The van der Waals surface area contributed by atoms with Crippen LogP contribution >= 0.6 is 0 Å². The van der Waals surface area contributed by atoms with E-state index in [0.717, 1.165) is 24.3 Å². The molecule has 0 aromatic heterocycles. The van der Waals surface area contributed by atoms with Crippen molar-refractivity contribution in [3.8, 4) is 5.75 Å². The molecule has 0 fully saturated rings. The molecule has 0 unspecified atom stereocenters. The monoisotopic (exact) mass is 394 g/mol. The van der Waals surface area contributed by atoms with Crippen molar-refractivity contribution in [2.75, 3.05) is 0 Å². The largest absolute Gasteiger partial charge is 0.573 e. The molecule has 0 saturated heterocycles. The van der Waals surface area contributed by atoms with E-state index in [1.54, 1.807) is 0 Å². The third kappa shape index (κ3) is 7.80. The highest BCUT2D eigenvalue weighted by molar-refractivity contribution is 5.94. The van der Waals surface area contributed by atoms with Gasteiger partial charge in [-0.05, 0) is 37.3 Å². The summed E-state index contributed by atoms with van der Waals surface area (Å²) in [7, 11) is 0. The highest BCUT2D eigenvalue weighted by Crippen LogP contribution is 2.29. The summed E-state index contributed by atoms with van der Waals surface area (Å²) in [5.41, 5.74) is -0.971. The van der Waals surface area contributed by atoms with Gasteiger partial charge < -0.3 is 9.84 Å². The maximum absolute atomic E-state index is 12.1. The van der Waals surface area contributed by atoms with Crippen molar-refractivity contribution in [1.82, 2.24) is 0 Å². The number of halogens is 6. The topological polar surface area (TPSA) is 63.6 Å². The van der Waals surface area contributed by atoms with Crippen LogP contribution in [0.1, 0.15) is 33.2 Å². The Kier molecular flexibility index (Phi) is 6.98. The Morgan fingerprint density at radius 1 is 0.889 bits per heavy atom. The number of ether oxygens (including phenoxy) is 1. The molecule has 146 valence electrons. The summed E-state index contributed by atoms with van der Waals surface area (Å²) in [4.78, 5) is 21.1. The number of Topliss-reactive ketones (excluding diaryl/α,β-unsaturated/α-hetero) is 1. The first-order valence-electron chi connectivity index (χ1n) is 7.07. The van der Waals surface area contributed by atoms with Gasteiger partial charge in [0.15, 0.2) is 5.78 Å². The maximum atomic E-state index is 12.1. The van der Waals surface area contributed by atoms with Gasteiger partial charge >= 0.3 is 18.5 Å². The molecule has 0 aliphatic carbocycles. The predicted molar refractivity (Wildman–Crippen MR) is 81.5 cm³/mol. The first kappa shape index (κ1) is 22.0. The van der Waals surface area contributed by atoms with E-state index >= 15 is 0 Å². The van der Waals surface area contributed by atoms with Crippen molar-refractivity contribution in [2.24, 2.45) is 0 Å². The first-order valence-corrected chi connectivity index (χ1v) is 7.07. The number of rotatable bonds is 3. The van der Waals surface area contributed by atoms with E-state index in [1.165, 1.54) is 31.2 Å². The number of carboxylic acid groups (broad SMARTS) is 1. The molecule has 4 nitrogen and oxygen atoms in total. The zero-order valence-corrected chi connectivity index (χ0v) is 13.6. The second kappa shape index (κ2) is 8.56. The van der Waals surface area contributed by atoms with Crippen LogP contribution in [0.4, 0.5) is 26.3 Å². The summed E-state index contributed by atoms with van der Waals surface area (Å²) in [6.45, 7) is 1.23. The average Bonchev–Trinajstić information content (AvgIpc) is 2.53. The molecule has 0 atom stereocenters. The Balaban J connectivity index is 0.000000271. The highest BCUT2D eigenvalue weighted by Gasteiger charge is 2.31. The lowest BCUT2D eigenvalue weighted by Gasteiger charge is -2.08. The molecule has 27 heavy (non-hydrogen) atoms. The van der Waals surface area contributed by atoms with Gasteiger partial charge in [0, 0.05) is 5.56 Å². The van der Waals surface area contributed by atoms with Crippen LogP contribution in [-0.4, -0.2) is 23.2 Å². The van der Waals surface area contributed by atoms with Crippen LogP contribution in [0.3, 0.4) is 0 Å². The number of benzene rings is 2. The third-order valence-corrected chi connectivity index (χ3v) is 2.91. The van der Waals surface area contributed by atoms with E-state index in [-0.39, 0.29) is 16.9 Å². The molecule has 2 aromatic rings. The molecule has 0 bridgehead atoms. The zero-order chi connectivity index (χ0) is 20.8. The molecular weight excluding hydrogens is 382 g/mol. The van der Waals surface area contributed by atoms with Crippen LogP contribution in [0.2, 0.25) is 0 Å². The van der Waals surface area contributed by atoms with Crippen molar-refractivity contribution in [2.45, 2.75) is 19.5 Å². The van der Waals surface area contributed by atoms with E-state index in [2.05, 4.69) is 4.74 Å². The lowest BCUT2D eigenvalue weighted by atomic mass is 10.1. The number of alkyl halides is 6. The van der Waals surface area contributed by atoms with Gasteiger partial charge in [-0.15, -0.1) is 13.2 Å². The Labute approximate surface area is 149 Å². The van der Waals surface area contributed by atoms with Gasteiger partial charge in [0.1, 0.15) is 5.75 Å². The van der Waals surface area contributed by atoms with Crippen LogP contribution in [0.15, 0.2) is 48.5 Å². The SMILES string of the molecule is CC(=O)c1cccc(C(F)(F)F)c1.O=C(O)c1cccc(OC(F)(F)F)c1. The minimum atomic E-state index is -4.81. The number of ketones is 1. The smallest absolute Gasteiger partial charge is 0.478 e. The second-order valence-corrected chi connectivity index (χ2v) is 5.02. The Morgan fingerprint density at radius 2 is 1.44 bits per heavy atom. The van der Waals surface area contributed by atoms with Crippen molar-refractivity contribution >= 4 is 11.8 Å². The van der Waals surface area contributed by atoms with Crippen molar-refractivity contribution in [3.63, 3.8) is 0 Å². The molecule has 0 heterocycles. The molecule has 0 radical (unpaired) electrons. The standard InChI is InChI=1S/C9H7F3O.C8H5F3O3/c1-6(13)7-3-2-4-8(5-7)9(10,11)12;9-8(10,11)14-6-3-1-2-5(4-6)7(12)13/h2-5H,1H3;1-4H,(H,12,13). The number of carbonyl (C=O) groups is 2. The summed E-state index contributed by atoms with van der Waals surface area (Å²) in [5, 5.41) is 8.47. The van der Waals surface area contributed by atoms with Crippen LogP contribution in [0, 0.1) is 0 Å². The molecule has 1 N–H and O–H groups in total. The summed E-state index contributed by atoms with van der Waals surface area (Å²) in [6.07, 6.45) is -9.19. The quantitative estimate of drug-likeness (QED) is 0.575. The average molecular weight is 394 g/mol. The van der Waals surface area contributed by atoms with Gasteiger partial charge in [-0.2, -0.15) is 13.2 Å². The normalized spacial score (nSPS) is 11.2. The van der Waals surface area contributed by atoms with Gasteiger partial charge in [-0.25, -0.2) is 4.79 Å². The number of carbonyl (C=O) groups excluding carboxylic acids is 1. The molecule has 0 aliphatic rings. The highest BCUT2D eigenvalue weighted by atomic mass is 19.4. The second-order valence-electron chi connectivity index (χ2n) is 5.02. The molecule has 2 aromatic carbocycles. The van der Waals surface area contributed by atoms with Crippen molar-refractivity contribution in [1.29, 1.82) is 0 Å². The van der Waals surface area contributed by atoms with Crippen LogP contribution in [0.25, 0.3) is 0 Å². The van der Waals surface area contributed by atoms with Gasteiger partial charge in [0.05, 0.1) is 11.1 Å². The van der Waals surface area contributed by atoms with E-state index < -0.39 is 29.8 Å². The minimum Gasteiger partial charge on any atom is -0.478 e. The molecule has 0 amide bonds. The van der Waals surface area contributed by atoms with Crippen molar-refractivity contribution in [3.05, 3.63) is 65.2 Å². The maximum Gasteiger partial charge on any atom is 0.573 e. The fraction of sp³-hybridized carbons (Fsp3) is 0.176. The lowest BCUT2D eigenvalue weighted by molar-refractivity contribution is -0.274. The zero-order valence-electron chi connectivity index (χ0n) is 13.6. The summed E-state index contributed by atoms with van der Waals surface area (Å²) in [6, 6.07) is 8.54. The van der Waals surface area contributed by atoms with Crippen LogP contribution < -0.4 is 4.74 Å². The predicted octanol–water partition coefficient (Wildman–Crippen LogP) is 5.19. The van der Waals surface area contributed by atoms with Gasteiger partial charge in [0.25, 0.3) is 0 Å². The third-order valence-electron chi connectivity index (χ3n) is 2.91. The van der Waals surface area contributed by atoms with E-state index in [9.17, 15) is 35.9 Å². The molecule has 0 spiro atoms. The van der Waals surface area contributed by atoms with E-state index in [4.69, 9.17) is 5.11 Å². The van der Waals surface area contributed by atoms with Crippen LogP contribution in [-0.2, 0) is 6.18 Å². The number of aromatic carboxylic acids is 1. The van der Waals surface area contributed by atoms with E-state index in [1.807, 2.05) is 0 Å². The fourth-order valence-electron chi connectivity index (χ4n) is 1.74. The van der Waals surface area contributed by atoms with E-state index in [0.29, 0.717) is 0 Å². The number of carboxylic acids is 1. The van der Waals surface area contributed by atoms with Gasteiger partial charge in [-0.1, -0.05) is 18.2 Å². The minimum absolute atomic E-state index is 0.0785. The molecule has 10 heteroatoms.